The second kappa shape index (κ2) is 12.6. The van der Waals surface area contributed by atoms with E-state index in [1.54, 1.807) is 6.07 Å². The largest absolute Gasteiger partial charge is 0.371 e. The van der Waals surface area contributed by atoms with E-state index in [1.165, 1.54) is 6.42 Å². The number of urea groups is 1. The first kappa shape index (κ1) is 25.1. The van der Waals surface area contributed by atoms with Gasteiger partial charge in [-0.3, -0.25) is 4.79 Å². The predicted molar refractivity (Wildman–Crippen MR) is 139 cm³/mol. The molecular weight excluding hydrogens is 482 g/mol. The zero-order chi connectivity index (χ0) is 23.6. The molecule has 0 atom stereocenters. The first-order valence-corrected chi connectivity index (χ1v) is 12.5. The van der Waals surface area contributed by atoms with Gasteiger partial charge in [0.1, 0.15) is 0 Å². The Kier molecular flexibility index (Phi) is 9.57. The lowest BCUT2D eigenvalue weighted by Gasteiger charge is -2.30. The van der Waals surface area contributed by atoms with Crippen molar-refractivity contribution in [1.29, 1.82) is 0 Å². The Balaban J connectivity index is 1.73. The number of carbonyl (C=O) groups excluding carboxylic acids is 2. The number of anilines is 3. The molecule has 0 bridgehead atoms. The normalized spacial score (nSPS) is 13.6. The van der Waals surface area contributed by atoms with Crippen LogP contribution < -0.4 is 20.9 Å². The number of likely N-dealkylation sites (N-methyl/N-ethyl adjacent to an activating group) is 1. The van der Waals surface area contributed by atoms with Crippen LogP contribution in [-0.4, -0.2) is 56.1 Å². The average molecular weight is 516 g/mol. The van der Waals surface area contributed by atoms with Crippen LogP contribution in [0.5, 0.6) is 0 Å². The highest BCUT2D eigenvalue weighted by Gasteiger charge is 2.20. The van der Waals surface area contributed by atoms with Gasteiger partial charge in [0.25, 0.3) is 5.91 Å². The average Bonchev–Trinajstić information content (AvgIpc) is 2.82. The topological polar surface area (TPSA) is 76.7 Å². The predicted octanol–water partition coefficient (Wildman–Crippen LogP) is 5.16. The van der Waals surface area contributed by atoms with E-state index in [0.29, 0.717) is 23.5 Å². The lowest BCUT2D eigenvalue weighted by Crippen LogP contribution is -2.36. The van der Waals surface area contributed by atoms with Gasteiger partial charge in [-0.25, -0.2) is 4.79 Å². The molecule has 2 aromatic rings. The van der Waals surface area contributed by atoms with Gasteiger partial charge >= 0.3 is 6.03 Å². The Bertz CT molecular complexity index is 942. The minimum atomic E-state index is -0.355. The van der Waals surface area contributed by atoms with Gasteiger partial charge < -0.3 is 25.8 Å². The molecule has 1 heterocycles. The standard InChI is InChI=1S/C25H34BrN5O2/c1-3-30(4-2)16-13-27-24(32)22-18-21(11-12-23(22)31-14-6-5-7-15-31)29-25(33)28-20-10-8-9-19(26)17-20/h8-12,17-18H,3-7,13-16H2,1-2H3,(H,27,32)(H2,28,29,33). The first-order chi connectivity index (χ1) is 16.0. The second-order valence-corrected chi connectivity index (χ2v) is 9.07. The van der Waals surface area contributed by atoms with Crippen molar-refractivity contribution in [2.24, 2.45) is 0 Å². The van der Waals surface area contributed by atoms with Crippen LogP contribution >= 0.6 is 15.9 Å². The van der Waals surface area contributed by atoms with Gasteiger partial charge in [0.2, 0.25) is 0 Å². The molecule has 1 fully saturated rings. The molecule has 0 aliphatic carbocycles. The third-order valence-electron chi connectivity index (χ3n) is 5.89. The van der Waals surface area contributed by atoms with Crippen LogP contribution in [0.1, 0.15) is 43.5 Å². The highest BCUT2D eigenvalue weighted by Crippen LogP contribution is 2.27. The van der Waals surface area contributed by atoms with Crippen molar-refractivity contribution in [3.05, 3.63) is 52.5 Å². The zero-order valence-electron chi connectivity index (χ0n) is 19.5. The number of benzene rings is 2. The Morgan fingerprint density at radius 3 is 2.33 bits per heavy atom. The van der Waals surface area contributed by atoms with E-state index < -0.39 is 0 Å². The maximum atomic E-state index is 13.1. The molecule has 1 aliphatic heterocycles. The molecule has 0 saturated carbocycles. The van der Waals surface area contributed by atoms with Crippen LogP contribution in [0.3, 0.4) is 0 Å². The molecule has 2 aromatic carbocycles. The summed E-state index contributed by atoms with van der Waals surface area (Å²) in [5.74, 6) is -0.112. The number of halogens is 1. The smallest absolute Gasteiger partial charge is 0.323 e. The summed E-state index contributed by atoms with van der Waals surface area (Å²) in [5.41, 5.74) is 2.78. The number of amides is 3. The van der Waals surface area contributed by atoms with Gasteiger partial charge in [-0.1, -0.05) is 35.8 Å². The van der Waals surface area contributed by atoms with Crippen molar-refractivity contribution in [3.63, 3.8) is 0 Å². The number of piperidine rings is 1. The third-order valence-corrected chi connectivity index (χ3v) is 6.38. The van der Waals surface area contributed by atoms with Crippen molar-refractivity contribution in [2.45, 2.75) is 33.1 Å². The quantitative estimate of drug-likeness (QED) is 0.431. The fraction of sp³-hybridized carbons (Fsp3) is 0.440. The summed E-state index contributed by atoms with van der Waals surface area (Å²) in [5, 5.41) is 8.74. The zero-order valence-corrected chi connectivity index (χ0v) is 21.1. The summed E-state index contributed by atoms with van der Waals surface area (Å²) in [7, 11) is 0. The molecule has 178 valence electrons. The lowest BCUT2D eigenvalue weighted by atomic mass is 10.1. The summed E-state index contributed by atoms with van der Waals surface area (Å²) in [6.07, 6.45) is 3.47. The van der Waals surface area contributed by atoms with E-state index in [2.05, 4.69) is 55.5 Å². The van der Waals surface area contributed by atoms with Crippen LogP contribution in [0.25, 0.3) is 0 Å². The number of hydrogen-bond donors (Lipinski definition) is 3. The van der Waals surface area contributed by atoms with Gasteiger partial charge in [0.05, 0.1) is 5.56 Å². The molecule has 33 heavy (non-hydrogen) atoms. The fourth-order valence-electron chi connectivity index (χ4n) is 4.03. The number of nitrogens with one attached hydrogen (secondary N) is 3. The molecule has 0 unspecified atom stereocenters. The maximum Gasteiger partial charge on any atom is 0.323 e. The van der Waals surface area contributed by atoms with E-state index in [1.807, 2.05) is 36.4 Å². The number of nitrogens with zero attached hydrogens (tertiary/aromatic N) is 2. The molecule has 8 heteroatoms. The minimum Gasteiger partial charge on any atom is -0.371 e. The monoisotopic (exact) mass is 515 g/mol. The van der Waals surface area contributed by atoms with Crippen LogP contribution in [0.4, 0.5) is 21.9 Å². The van der Waals surface area contributed by atoms with Gasteiger partial charge in [-0.15, -0.1) is 0 Å². The highest BCUT2D eigenvalue weighted by molar-refractivity contribution is 9.10. The molecule has 7 nitrogen and oxygen atoms in total. The van der Waals surface area contributed by atoms with E-state index >= 15 is 0 Å². The van der Waals surface area contributed by atoms with Crippen molar-refractivity contribution in [2.75, 3.05) is 54.8 Å². The summed E-state index contributed by atoms with van der Waals surface area (Å²) in [6, 6.07) is 12.6. The van der Waals surface area contributed by atoms with Gasteiger partial charge in [-0.2, -0.15) is 0 Å². The van der Waals surface area contributed by atoms with E-state index in [9.17, 15) is 9.59 Å². The molecule has 1 saturated heterocycles. The first-order valence-electron chi connectivity index (χ1n) is 11.7. The molecule has 3 rings (SSSR count). The SMILES string of the molecule is CCN(CC)CCNC(=O)c1cc(NC(=O)Nc2cccc(Br)c2)ccc1N1CCCCC1. The van der Waals surface area contributed by atoms with Crippen molar-refractivity contribution in [1.82, 2.24) is 10.2 Å². The molecular formula is C25H34BrN5O2. The molecule has 1 aliphatic rings. The van der Waals surface area contributed by atoms with Crippen molar-refractivity contribution in [3.8, 4) is 0 Å². The molecule has 0 spiro atoms. The van der Waals surface area contributed by atoms with Crippen LogP contribution in [0.2, 0.25) is 0 Å². The number of hydrogen-bond acceptors (Lipinski definition) is 4. The van der Waals surface area contributed by atoms with Crippen LogP contribution in [0.15, 0.2) is 46.9 Å². The van der Waals surface area contributed by atoms with Crippen LogP contribution in [-0.2, 0) is 0 Å². The Morgan fingerprint density at radius 2 is 1.67 bits per heavy atom. The van der Waals surface area contributed by atoms with Gasteiger partial charge in [-0.05, 0) is 68.8 Å². The number of carbonyl (C=O) groups is 2. The van der Waals surface area contributed by atoms with E-state index in [4.69, 9.17) is 0 Å². The Morgan fingerprint density at radius 1 is 0.970 bits per heavy atom. The molecule has 0 aromatic heterocycles. The summed E-state index contributed by atoms with van der Waals surface area (Å²) in [6.45, 7) is 9.43. The second-order valence-electron chi connectivity index (χ2n) is 8.15. The minimum absolute atomic E-state index is 0.112. The summed E-state index contributed by atoms with van der Waals surface area (Å²) >= 11 is 3.40. The maximum absolute atomic E-state index is 13.1. The van der Waals surface area contributed by atoms with E-state index in [-0.39, 0.29) is 11.9 Å². The Labute approximate surface area is 205 Å². The molecule has 3 N–H and O–H groups in total. The summed E-state index contributed by atoms with van der Waals surface area (Å²) < 4.78 is 0.884. The van der Waals surface area contributed by atoms with Crippen molar-refractivity contribution < 1.29 is 9.59 Å². The van der Waals surface area contributed by atoms with Crippen LogP contribution in [0, 0.1) is 0 Å². The van der Waals surface area contributed by atoms with E-state index in [0.717, 1.165) is 55.7 Å². The van der Waals surface area contributed by atoms with Gasteiger partial charge in [0, 0.05) is 47.7 Å². The lowest BCUT2D eigenvalue weighted by molar-refractivity contribution is 0.0949. The third kappa shape index (κ3) is 7.47. The van der Waals surface area contributed by atoms with Crippen molar-refractivity contribution >= 4 is 44.9 Å². The summed E-state index contributed by atoms with van der Waals surface area (Å²) in [4.78, 5) is 30.2. The Hall–Kier alpha value is -2.58. The highest BCUT2D eigenvalue weighted by atomic mass is 79.9. The van der Waals surface area contributed by atoms with Gasteiger partial charge in [0.15, 0.2) is 0 Å². The number of rotatable bonds is 9. The molecule has 3 amide bonds. The molecule has 0 radical (unpaired) electrons. The fourth-order valence-corrected chi connectivity index (χ4v) is 4.43.